The second-order valence-electron chi connectivity index (χ2n) is 8.81. The minimum absolute atomic E-state index is 0.0118. The molecule has 0 spiro atoms. The molecule has 0 aliphatic carbocycles. The molecule has 5 rings (SSSR count). The van der Waals surface area contributed by atoms with Crippen molar-refractivity contribution in [3.63, 3.8) is 0 Å². The van der Waals surface area contributed by atoms with E-state index in [-0.39, 0.29) is 38.8 Å². The standard InChI is InChI=1S/C26H22F3N7O4S/c1-13-17(11-31-35(13)2)16-10-19(26(27,28)29)32-25-20(16)21(22(41-25)23(30)37)33-24(38)18-8-9-36(34-18)12-40-15-6-4-14(39-3)5-7-15/h4-11H,12H2,1-3H3,(H2,30,37)(H,33,38). The number of benzene rings is 1. The van der Waals surface area contributed by atoms with Crippen LogP contribution in [0.15, 0.2) is 48.8 Å². The largest absolute Gasteiger partial charge is 0.497 e. The number of nitrogens with one attached hydrogen (secondary N) is 1. The lowest BCUT2D eigenvalue weighted by atomic mass is 10.0. The lowest BCUT2D eigenvalue weighted by molar-refractivity contribution is -0.140. The number of methoxy groups -OCH3 is 1. The maximum absolute atomic E-state index is 13.8. The number of fused-ring (bicyclic) bond motifs is 1. The Bertz CT molecular complexity index is 1770. The minimum Gasteiger partial charge on any atom is -0.497 e. The molecule has 212 valence electrons. The van der Waals surface area contributed by atoms with Crippen molar-refractivity contribution in [2.45, 2.75) is 19.8 Å². The number of nitrogens with two attached hydrogens (primary N) is 1. The number of ether oxygens (including phenoxy) is 2. The number of rotatable bonds is 8. The maximum Gasteiger partial charge on any atom is 0.433 e. The van der Waals surface area contributed by atoms with Crippen LogP contribution < -0.4 is 20.5 Å². The Balaban J connectivity index is 1.50. The number of anilines is 1. The van der Waals surface area contributed by atoms with Crippen LogP contribution in [0.25, 0.3) is 21.3 Å². The van der Waals surface area contributed by atoms with E-state index in [0.29, 0.717) is 34.1 Å². The fourth-order valence-electron chi connectivity index (χ4n) is 4.06. The lowest BCUT2D eigenvalue weighted by Crippen LogP contribution is -2.18. The third-order valence-electron chi connectivity index (χ3n) is 6.24. The van der Waals surface area contributed by atoms with Crippen LogP contribution in [0.3, 0.4) is 0 Å². The summed E-state index contributed by atoms with van der Waals surface area (Å²) in [6.07, 6.45) is -1.84. The summed E-state index contributed by atoms with van der Waals surface area (Å²) in [5.74, 6) is -0.446. The van der Waals surface area contributed by atoms with E-state index in [1.807, 2.05) is 0 Å². The number of thiophene rings is 1. The lowest BCUT2D eigenvalue weighted by Gasteiger charge is -2.12. The van der Waals surface area contributed by atoms with Gasteiger partial charge in [-0.05, 0) is 48.9 Å². The van der Waals surface area contributed by atoms with E-state index in [1.54, 1.807) is 45.3 Å². The summed E-state index contributed by atoms with van der Waals surface area (Å²) in [5, 5.41) is 11.1. The van der Waals surface area contributed by atoms with Gasteiger partial charge in [-0.2, -0.15) is 23.4 Å². The predicted octanol–water partition coefficient (Wildman–Crippen LogP) is 4.62. The molecule has 0 aliphatic rings. The van der Waals surface area contributed by atoms with Crippen molar-refractivity contribution in [1.82, 2.24) is 24.5 Å². The third kappa shape index (κ3) is 5.43. The van der Waals surface area contributed by atoms with Gasteiger partial charge in [0.05, 0.1) is 19.0 Å². The van der Waals surface area contributed by atoms with Gasteiger partial charge in [0.1, 0.15) is 26.9 Å². The molecule has 0 saturated heterocycles. The Labute approximate surface area is 234 Å². The number of hydrogen-bond donors (Lipinski definition) is 2. The highest BCUT2D eigenvalue weighted by Gasteiger charge is 2.35. The molecule has 0 saturated carbocycles. The Morgan fingerprint density at radius 1 is 1.12 bits per heavy atom. The maximum atomic E-state index is 13.8. The molecule has 0 bridgehead atoms. The van der Waals surface area contributed by atoms with E-state index in [9.17, 15) is 22.8 Å². The number of halogens is 3. The number of nitrogens with zero attached hydrogens (tertiary/aromatic N) is 5. The Morgan fingerprint density at radius 2 is 1.83 bits per heavy atom. The molecule has 3 N–H and O–H groups in total. The summed E-state index contributed by atoms with van der Waals surface area (Å²) in [5.41, 5.74) is 5.33. The Morgan fingerprint density at radius 3 is 2.44 bits per heavy atom. The van der Waals surface area contributed by atoms with E-state index in [1.165, 1.54) is 27.8 Å². The fraction of sp³-hybridized carbons (Fsp3) is 0.192. The van der Waals surface area contributed by atoms with Crippen LogP contribution >= 0.6 is 11.3 Å². The zero-order valence-electron chi connectivity index (χ0n) is 21.8. The molecule has 41 heavy (non-hydrogen) atoms. The zero-order valence-corrected chi connectivity index (χ0v) is 22.6. The normalized spacial score (nSPS) is 11.6. The minimum atomic E-state index is -4.76. The van der Waals surface area contributed by atoms with Gasteiger partial charge >= 0.3 is 6.18 Å². The van der Waals surface area contributed by atoms with Crippen molar-refractivity contribution in [1.29, 1.82) is 0 Å². The Kier molecular flexibility index (Phi) is 7.13. The highest BCUT2D eigenvalue weighted by atomic mass is 32.1. The summed E-state index contributed by atoms with van der Waals surface area (Å²) < 4.78 is 54.9. The smallest absolute Gasteiger partial charge is 0.433 e. The predicted molar refractivity (Wildman–Crippen MR) is 144 cm³/mol. The van der Waals surface area contributed by atoms with Crippen molar-refractivity contribution in [2.75, 3.05) is 12.4 Å². The average molecular weight is 586 g/mol. The fourth-order valence-corrected chi connectivity index (χ4v) is 5.06. The van der Waals surface area contributed by atoms with Crippen LogP contribution in [0.4, 0.5) is 18.9 Å². The molecule has 5 aromatic rings. The first-order valence-corrected chi connectivity index (χ1v) is 12.7. The molecule has 0 aliphatic heterocycles. The number of carbonyl (C=O) groups excluding carboxylic acids is 2. The van der Waals surface area contributed by atoms with E-state index in [2.05, 4.69) is 20.5 Å². The van der Waals surface area contributed by atoms with Crippen molar-refractivity contribution in [3.05, 3.63) is 70.8 Å². The van der Waals surface area contributed by atoms with Crippen molar-refractivity contribution in [3.8, 4) is 22.6 Å². The van der Waals surface area contributed by atoms with Gasteiger partial charge in [0, 0.05) is 29.9 Å². The number of hydrogen-bond acceptors (Lipinski definition) is 8. The second-order valence-corrected chi connectivity index (χ2v) is 9.81. The van der Waals surface area contributed by atoms with Gasteiger partial charge in [0.25, 0.3) is 11.8 Å². The number of aromatic nitrogens is 5. The van der Waals surface area contributed by atoms with E-state index >= 15 is 0 Å². The van der Waals surface area contributed by atoms with Crippen molar-refractivity contribution < 1.29 is 32.2 Å². The zero-order chi connectivity index (χ0) is 29.5. The molecule has 15 heteroatoms. The van der Waals surface area contributed by atoms with Crippen molar-refractivity contribution >= 4 is 39.1 Å². The van der Waals surface area contributed by atoms with Gasteiger partial charge in [0.15, 0.2) is 12.4 Å². The van der Waals surface area contributed by atoms with Gasteiger partial charge in [-0.15, -0.1) is 11.3 Å². The number of amides is 2. The molecule has 11 nitrogen and oxygen atoms in total. The summed E-state index contributed by atoms with van der Waals surface area (Å²) in [4.78, 5) is 29.0. The summed E-state index contributed by atoms with van der Waals surface area (Å²) in [7, 11) is 3.19. The monoisotopic (exact) mass is 585 g/mol. The van der Waals surface area contributed by atoms with Crippen LogP contribution in [0.1, 0.15) is 31.5 Å². The number of pyridine rings is 1. The summed E-state index contributed by atoms with van der Waals surface area (Å²) in [6, 6.07) is 9.17. The SMILES string of the molecule is COc1ccc(OCn2ccc(C(=O)Nc3c(C(N)=O)sc4nc(C(F)(F)F)cc(-c5cnn(C)c5C)c34)n2)cc1. The summed E-state index contributed by atoms with van der Waals surface area (Å²) in [6.45, 7) is 1.67. The highest BCUT2D eigenvalue weighted by molar-refractivity contribution is 7.21. The molecule has 0 fully saturated rings. The van der Waals surface area contributed by atoms with Gasteiger partial charge in [0.2, 0.25) is 0 Å². The van der Waals surface area contributed by atoms with Crippen LogP contribution in [0, 0.1) is 6.92 Å². The first kappa shape index (κ1) is 27.6. The van der Waals surface area contributed by atoms with Gasteiger partial charge < -0.3 is 20.5 Å². The molecule has 4 heterocycles. The quantitative estimate of drug-likeness (QED) is 0.271. The molecule has 0 radical (unpaired) electrons. The van der Waals surface area contributed by atoms with Crippen molar-refractivity contribution in [2.24, 2.45) is 12.8 Å². The topological polar surface area (TPSA) is 139 Å². The van der Waals surface area contributed by atoms with Gasteiger partial charge in [-0.1, -0.05) is 0 Å². The summed E-state index contributed by atoms with van der Waals surface area (Å²) >= 11 is 0.652. The van der Waals surface area contributed by atoms with Gasteiger partial charge in [-0.3, -0.25) is 14.3 Å². The molecule has 0 atom stereocenters. The van der Waals surface area contributed by atoms with Crippen LogP contribution in [-0.2, 0) is 20.0 Å². The first-order valence-electron chi connectivity index (χ1n) is 11.9. The number of alkyl halides is 3. The van der Waals surface area contributed by atoms with Crippen LogP contribution in [0.5, 0.6) is 11.5 Å². The van der Waals surface area contributed by atoms with Gasteiger partial charge in [-0.25, -0.2) is 9.67 Å². The third-order valence-corrected chi connectivity index (χ3v) is 7.33. The average Bonchev–Trinajstić information content (AvgIpc) is 3.65. The van der Waals surface area contributed by atoms with E-state index < -0.39 is 23.7 Å². The number of carbonyl (C=O) groups is 2. The van der Waals surface area contributed by atoms with Crippen LogP contribution in [-0.4, -0.2) is 43.5 Å². The molecular weight excluding hydrogens is 563 g/mol. The Hall–Kier alpha value is -4.92. The second kappa shape index (κ2) is 10.6. The van der Waals surface area contributed by atoms with E-state index in [0.717, 1.165) is 6.07 Å². The molecular formula is C26H22F3N7O4S. The molecule has 4 aromatic heterocycles. The number of primary amides is 1. The molecule has 2 amide bonds. The van der Waals surface area contributed by atoms with E-state index in [4.69, 9.17) is 15.2 Å². The highest BCUT2D eigenvalue weighted by Crippen LogP contribution is 2.44. The first-order chi connectivity index (χ1) is 19.5. The van der Waals surface area contributed by atoms with Crippen LogP contribution in [0.2, 0.25) is 0 Å². The molecule has 0 unspecified atom stereocenters. The molecule has 1 aromatic carbocycles. The number of aryl methyl sites for hydroxylation is 1.